The highest BCUT2D eigenvalue weighted by Crippen LogP contribution is 2.25. The SMILES string of the molecule is C[C@H](N)C(=O)NCC(=O)N[C@H]1CSSC[C@@H](C(=O)O)NC(=O)[C@H](CO)NC(=O)[C@H]([C@@H](C)O)NC(=O)[C@H](Cc2ccccc2)NC(=O)[C@H]([C@@H](C)O)NC(=O)[C@H](CCCCN)NC(=O)[C@H](Cc2c[nH]c3ccccc23)NC(=O)[C@H](Cc2ccccc2)NC(=O)[C@H](Cc2ccccc2)NC(=O)[C@H](CC(N)=O)NC(=O)[C@H](Cc2ccccc2)NC1=O. The number of fused-ring (bicyclic) bond motifs is 1. The average molecular weight is 1660 g/mol. The smallest absolute Gasteiger partial charge is 0.327 e. The van der Waals surface area contributed by atoms with Crippen LogP contribution in [0.1, 0.15) is 74.3 Å². The molecule has 14 amide bonds. The third-order valence-electron chi connectivity index (χ3n) is 18.6. The van der Waals surface area contributed by atoms with E-state index in [0.717, 1.165) is 35.4 Å². The molecule has 5 aromatic carbocycles. The molecule has 15 atom stereocenters. The van der Waals surface area contributed by atoms with Crippen LogP contribution in [0.2, 0.25) is 0 Å². The molecule has 1 fully saturated rings. The largest absolute Gasteiger partial charge is 0.480 e. The third kappa shape index (κ3) is 29.8. The van der Waals surface area contributed by atoms with Crippen molar-refractivity contribution in [1.29, 1.82) is 0 Å². The zero-order valence-electron chi connectivity index (χ0n) is 64.5. The van der Waals surface area contributed by atoms with Crippen LogP contribution >= 0.6 is 21.6 Å². The molecule has 0 saturated carbocycles. The van der Waals surface area contributed by atoms with Gasteiger partial charge in [-0.1, -0.05) is 161 Å². The van der Waals surface area contributed by atoms with Crippen LogP contribution in [-0.4, -0.2) is 236 Å². The summed E-state index contributed by atoms with van der Waals surface area (Å²) in [7, 11) is 1.49. The maximum absolute atomic E-state index is 15.4. The van der Waals surface area contributed by atoms with E-state index in [-0.39, 0.29) is 51.5 Å². The number of rotatable bonds is 24. The summed E-state index contributed by atoms with van der Waals surface area (Å²) in [5.74, 6) is -17.8. The summed E-state index contributed by atoms with van der Waals surface area (Å²) in [5, 5.41) is 76.3. The van der Waals surface area contributed by atoms with Crippen LogP contribution in [-0.2, 0) is 104 Å². The van der Waals surface area contributed by atoms with Crippen LogP contribution < -0.4 is 86.3 Å². The van der Waals surface area contributed by atoms with Gasteiger partial charge in [0.1, 0.15) is 72.5 Å². The molecular weight excluding hydrogens is 1560 g/mol. The van der Waals surface area contributed by atoms with Crippen molar-refractivity contribution in [3.63, 3.8) is 0 Å². The van der Waals surface area contributed by atoms with Crippen molar-refractivity contribution in [2.45, 2.75) is 169 Å². The van der Waals surface area contributed by atoms with E-state index in [9.17, 15) is 78.0 Å². The maximum Gasteiger partial charge on any atom is 0.327 e. The number of carbonyl (C=O) groups is 15. The number of aromatic nitrogens is 1. The number of carbonyl (C=O) groups excluding carboxylic acids is 14. The molecule has 0 spiro atoms. The highest BCUT2D eigenvalue weighted by atomic mass is 33.1. The summed E-state index contributed by atoms with van der Waals surface area (Å²) in [6, 6.07) is 17.5. The number of aromatic amines is 1. The molecule has 0 unspecified atom stereocenters. The molecular formula is C79H101N17O19S2. The van der Waals surface area contributed by atoms with Crippen molar-refractivity contribution >= 4 is 121 Å². The zero-order chi connectivity index (χ0) is 85.3. The third-order valence-corrected chi connectivity index (χ3v) is 21.0. The number of primary amides is 1. The van der Waals surface area contributed by atoms with Crippen molar-refractivity contribution in [2.75, 3.05) is 31.2 Å². The van der Waals surface area contributed by atoms with E-state index in [1.807, 2.05) is 0 Å². The quantitative estimate of drug-likeness (QED) is 0.0204. The summed E-state index contributed by atoms with van der Waals surface area (Å²) >= 11 is 0. The molecule has 0 radical (unpaired) electrons. The number of hydrogen-bond acceptors (Lipinski definition) is 22. The van der Waals surface area contributed by atoms with E-state index in [1.54, 1.807) is 152 Å². The Morgan fingerprint density at radius 1 is 0.462 bits per heavy atom. The highest BCUT2D eigenvalue weighted by molar-refractivity contribution is 8.76. The molecule has 2 heterocycles. The van der Waals surface area contributed by atoms with E-state index in [1.165, 1.54) is 6.92 Å². The minimum atomic E-state index is -1.99. The van der Waals surface area contributed by atoms with Crippen LogP contribution in [0.4, 0.5) is 0 Å². The predicted molar refractivity (Wildman–Crippen MR) is 432 cm³/mol. The molecule has 7 rings (SSSR count). The van der Waals surface area contributed by atoms with Gasteiger partial charge in [-0.25, -0.2) is 4.79 Å². The second-order valence-electron chi connectivity index (χ2n) is 28.0. The van der Waals surface area contributed by atoms with Gasteiger partial charge in [-0.05, 0) is 80.5 Å². The Balaban J connectivity index is 1.32. The molecule has 36 nitrogen and oxygen atoms in total. The fourth-order valence-corrected chi connectivity index (χ4v) is 14.6. The van der Waals surface area contributed by atoms with E-state index in [4.69, 9.17) is 17.2 Å². The first-order valence-corrected chi connectivity index (χ1v) is 40.2. The lowest BCUT2D eigenvalue weighted by molar-refractivity contribution is -0.142. The van der Waals surface area contributed by atoms with Gasteiger partial charge in [0.25, 0.3) is 0 Å². The number of nitrogens with one attached hydrogen (secondary N) is 14. The van der Waals surface area contributed by atoms with Crippen molar-refractivity contribution in [3.05, 3.63) is 180 Å². The van der Waals surface area contributed by atoms with E-state index >= 15 is 14.4 Å². The standard InChI is InChI=1S/C79H101N17O19S2/c1-43(81)67(102)84-39-64(101)85-61-41-116-117-42-62(79(114)115)94-75(110)60(40-97)93-78(113)66(45(3)99)96-74(109)57(35-49-26-14-7-15-27-49)92-77(112)65(44(2)98)95-68(103)53(30-18-19-31-80)86-72(107)58(36-50-38-83-52-29-17-16-28-51(50)52)90-70(105)55(33-47-22-10-5-11-23-47)87-69(104)54(32-46-20-8-4-9-21-46)88-73(108)59(37-63(82)100)91-71(106)56(89-76(61)111)34-48-24-12-6-13-25-48/h4-17,20-29,38,43-45,53-62,65-66,83,97-99H,18-19,30-37,39-42,80-81H2,1-3H3,(H2,82,100)(H,84,102)(H,85,101)(H,86,107)(H,87,104)(H,88,108)(H,89,111)(H,90,105)(H,91,106)(H,92,112)(H,93,113)(H,94,110)(H,95,103)(H,96,109)(H,114,115)/t43-,44+,45+,53-,54-,55-,56-,57-,58-,59-,60-,61-,62-,65-,66-/m0/s1. The number of nitrogens with two attached hydrogens (primary N) is 3. The highest BCUT2D eigenvalue weighted by Gasteiger charge is 2.40. The van der Waals surface area contributed by atoms with Gasteiger partial charge in [-0.3, -0.25) is 67.1 Å². The molecule has 6 aromatic rings. The van der Waals surface area contributed by atoms with Gasteiger partial charge in [0, 0.05) is 60.7 Å². The molecule has 38 heteroatoms. The number of aliphatic hydroxyl groups is 3. The van der Waals surface area contributed by atoms with Crippen LogP contribution in [0.3, 0.4) is 0 Å². The van der Waals surface area contributed by atoms with Gasteiger partial charge >= 0.3 is 5.97 Å². The summed E-state index contributed by atoms with van der Waals surface area (Å²) < 4.78 is 0. The minimum absolute atomic E-state index is 0.129. The van der Waals surface area contributed by atoms with E-state index in [0.29, 0.717) is 45.1 Å². The number of hydrogen-bond donors (Lipinski definition) is 21. The average Bonchev–Trinajstić information content (AvgIpc) is 1.72. The van der Waals surface area contributed by atoms with Crippen LogP contribution in [0.25, 0.3) is 10.9 Å². The zero-order valence-corrected chi connectivity index (χ0v) is 66.1. The second kappa shape index (κ2) is 46.7. The lowest BCUT2D eigenvalue weighted by Crippen LogP contribution is -2.63. The Labute approximate surface area is 681 Å². The molecule has 628 valence electrons. The van der Waals surface area contributed by atoms with Crippen molar-refractivity contribution in [3.8, 4) is 0 Å². The lowest BCUT2D eigenvalue weighted by Gasteiger charge is -2.29. The monoisotopic (exact) mass is 1660 g/mol. The molecule has 1 aliphatic heterocycles. The molecule has 1 saturated heterocycles. The number of amides is 14. The molecule has 1 aliphatic rings. The van der Waals surface area contributed by atoms with Crippen LogP contribution in [0.15, 0.2) is 152 Å². The number of carboxylic acid groups (broad SMARTS) is 1. The predicted octanol–water partition coefficient (Wildman–Crippen LogP) is -3.80. The Kier molecular flexibility index (Phi) is 36.8. The molecule has 0 aliphatic carbocycles. The number of aliphatic carboxylic acids is 1. The van der Waals surface area contributed by atoms with E-state index < -0.39 is 210 Å². The normalized spacial score (nSPS) is 23.5. The molecule has 0 bridgehead atoms. The van der Waals surface area contributed by atoms with Crippen LogP contribution in [0, 0.1) is 0 Å². The topological polar surface area (TPSA) is 587 Å². The Hall–Kier alpha value is -11.8. The fourth-order valence-electron chi connectivity index (χ4n) is 12.2. The first kappa shape index (κ1) is 92.4. The van der Waals surface area contributed by atoms with Gasteiger partial charge in [0.2, 0.25) is 82.7 Å². The number of carboxylic acids is 1. The van der Waals surface area contributed by atoms with Gasteiger partial charge in [-0.15, -0.1) is 0 Å². The number of aliphatic hydroxyl groups excluding tert-OH is 3. The first-order chi connectivity index (χ1) is 55.9. The Morgan fingerprint density at radius 2 is 0.838 bits per heavy atom. The second-order valence-corrected chi connectivity index (χ2v) is 30.6. The van der Waals surface area contributed by atoms with Crippen molar-refractivity contribution in [1.82, 2.24) is 74.1 Å². The summed E-state index contributed by atoms with van der Waals surface area (Å²) in [4.78, 5) is 218. The number of H-pyrrole nitrogens is 1. The van der Waals surface area contributed by atoms with Crippen molar-refractivity contribution in [2.24, 2.45) is 17.2 Å². The van der Waals surface area contributed by atoms with Crippen LogP contribution in [0.5, 0.6) is 0 Å². The molecule has 117 heavy (non-hydrogen) atoms. The lowest BCUT2D eigenvalue weighted by atomic mass is 10.00. The van der Waals surface area contributed by atoms with Crippen molar-refractivity contribution < 1.29 is 92.3 Å². The summed E-state index contributed by atoms with van der Waals surface area (Å²) in [6.45, 7) is 1.77. The van der Waals surface area contributed by atoms with Gasteiger partial charge in [-0.2, -0.15) is 0 Å². The first-order valence-electron chi connectivity index (χ1n) is 37.7. The molecule has 24 N–H and O–H groups in total. The Morgan fingerprint density at radius 3 is 1.27 bits per heavy atom. The van der Waals surface area contributed by atoms with Gasteiger partial charge < -0.3 is 112 Å². The van der Waals surface area contributed by atoms with Gasteiger partial charge in [0.15, 0.2) is 0 Å². The number of unbranched alkanes of at least 4 members (excludes halogenated alkanes) is 1. The number of para-hydroxylation sites is 1. The van der Waals surface area contributed by atoms with Gasteiger partial charge in [0.05, 0.1) is 37.8 Å². The summed E-state index contributed by atoms with van der Waals surface area (Å²) in [6.07, 6.45) is -4.06. The number of benzene rings is 5. The fraction of sp³-hybridized carbons (Fsp3) is 0.405. The Bertz CT molecular complexity index is 4400. The molecule has 1 aromatic heterocycles. The summed E-state index contributed by atoms with van der Waals surface area (Å²) in [5.41, 5.74) is 20.3. The van der Waals surface area contributed by atoms with E-state index in [2.05, 4.69) is 74.1 Å². The minimum Gasteiger partial charge on any atom is -0.480 e. The maximum atomic E-state index is 15.4.